The molecule has 96 valence electrons. The highest BCUT2D eigenvalue weighted by Crippen LogP contribution is 2.22. The van der Waals surface area contributed by atoms with Crippen LogP contribution in [0.2, 0.25) is 0 Å². The van der Waals surface area contributed by atoms with Crippen molar-refractivity contribution < 1.29 is 4.39 Å². The van der Waals surface area contributed by atoms with E-state index in [-0.39, 0.29) is 11.9 Å². The molecular weight excluding hydrogens is 231 g/mol. The van der Waals surface area contributed by atoms with Crippen LogP contribution in [0.25, 0.3) is 0 Å². The van der Waals surface area contributed by atoms with Gasteiger partial charge in [0.05, 0.1) is 11.7 Å². The fraction of sp³-hybridized carbons (Fsp3) is 0.308. The van der Waals surface area contributed by atoms with E-state index in [0.29, 0.717) is 5.56 Å². The number of hydrogen-bond donors (Lipinski definition) is 2. The number of aromatic nitrogens is 2. The number of aryl methyl sites for hydroxylation is 2. The predicted octanol–water partition coefficient (Wildman–Crippen LogP) is 1.90. The summed E-state index contributed by atoms with van der Waals surface area (Å²) in [6.45, 7) is 4.52. The molecule has 0 amide bonds. The van der Waals surface area contributed by atoms with Crippen LogP contribution in [0.5, 0.6) is 0 Å². The van der Waals surface area contributed by atoms with Crippen molar-refractivity contribution in [2.45, 2.75) is 26.4 Å². The number of nitrogens with one attached hydrogen (secondary N) is 1. The Hall–Kier alpha value is -1.72. The Kier molecular flexibility index (Phi) is 3.74. The second-order valence-corrected chi connectivity index (χ2v) is 4.18. The molecule has 0 aliphatic carbocycles. The second-order valence-electron chi connectivity index (χ2n) is 4.18. The second kappa shape index (κ2) is 5.29. The van der Waals surface area contributed by atoms with Gasteiger partial charge in [-0.1, -0.05) is 12.1 Å². The maximum absolute atomic E-state index is 13.3. The molecular formula is C13H17FN4. The van der Waals surface area contributed by atoms with Gasteiger partial charge in [-0.05, 0) is 37.1 Å². The minimum atomic E-state index is -0.210. The van der Waals surface area contributed by atoms with Crippen LogP contribution in [-0.4, -0.2) is 9.78 Å². The van der Waals surface area contributed by atoms with Crippen LogP contribution < -0.4 is 11.3 Å². The molecule has 3 N–H and O–H groups in total. The van der Waals surface area contributed by atoms with Crippen molar-refractivity contribution in [2.75, 3.05) is 0 Å². The third kappa shape index (κ3) is 2.27. The van der Waals surface area contributed by atoms with Crippen LogP contribution in [0.1, 0.15) is 29.8 Å². The van der Waals surface area contributed by atoms with Crippen molar-refractivity contribution in [1.82, 2.24) is 15.2 Å². The van der Waals surface area contributed by atoms with E-state index in [0.717, 1.165) is 17.8 Å². The van der Waals surface area contributed by atoms with Crippen molar-refractivity contribution in [1.29, 1.82) is 0 Å². The molecule has 1 heterocycles. The van der Waals surface area contributed by atoms with Crippen LogP contribution in [0.4, 0.5) is 4.39 Å². The Labute approximate surface area is 106 Å². The zero-order chi connectivity index (χ0) is 13.1. The van der Waals surface area contributed by atoms with Gasteiger partial charge in [0, 0.05) is 12.7 Å². The number of hydrogen-bond acceptors (Lipinski definition) is 3. The van der Waals surface area contributed by atoms with Gasteiger partial charge in [0.2, 0.25) is 0 Å². The number of halogens is 1. The van der Waals surface area contributed by atoms with E-state index in [1.54, 1.807) is 25.3 Å². The molecule has 2 aromatic rings. The van der Waals surface area contributed by atoms with Crippen molar-refractivity contribution in [3.05, 3.63) is 53.1 Å². The van der Waals surface area contributed by atoms with Crippen molar-refractivity contribution in [2.24, 2.45) is 5.84 Å². The van der Waals surface area contributed by atoms with Gasteiger partial charge >= 0.3 is 0 Å². The highest BCUT2D eigenvalue weighted by Gasteiger charge is 2.17. The average molecular weight is 248 g/mol. The summed E-state index contributed by atoms with van der Waals surface area (Å²) in [6.07, 6.45) is 1.74. The third-order valence-electron chi connectivity index (χ3n) is 3.03. The van der Waals surface area contributed by atoms with Gasteiger partial charge in [-0.25, -0.2) is 9.82 Å². The first-order valence-corrected chi connectivity index (χ1v) is 5.91. The van der Waals surface area contributed by atoms with Gasteiger partial charge in [0.15, 0.2) is 0 Å². The lowest BCUT2D eigenvalue weighted by Gasteiger charge is -2.18. The highest BCUT2D eigenvalue weighted by atomic mass is 19.1. The summed E-state index contributed by atoms with van der Waals surface area (Å²) in [6, 6.07) is 6.72. The molecule has 0 saturated heterocycles. The summed E-state index contributed by atoms with van der Waals surface area (Å²) in [5.41, 5.74) is 5.25. The van der Waals surface area contributed by atoms with Gasteiger partial charge in [-0.2, -0.15) is 5.10 Å². The fourth-order valence-electron chi connectivity index (χ4n) is 2.05. The van der Waals surface area contributed by atoms with Crippen LogP contribution in [0.15, 0.2) is 30.5 Å². The topological polar surface area (TPSA) is 55.9 Å². The molecule has 0 spiro atoms. The predicted molar refractivity (Wildman–Crippen MR) is 68.2 cm³/mol. The lowest BCUT2D eigenvalue weighted by molar-refractivity contribution is 0.541. The Morgan fingerprint density at radius 3 is 2.83 bits per heavy atom. The molecule has 1 atom stereocenters. The quantitative estimate of drug-likeness (QED) is 0.642. The molecule has 0 radical (unpaired) electrons. The molecule has 0 saturated carbocycles. The smallest absolute Gasteiger partial charge is 0.126 e. The highest BCUT2D eigenvalue weighted by molar-refractivity contribution is 5.31. The fourth-order valence-corrected chi connectivity index (χ4v) is 2.05. The van der Waals surface area contributed by atoms with E-state index in [1.165, 1.54) is 6.07 Å². The molecule has 18 heavy (non-hydrogen) atoms. The van der Waals surface area contributed by atoms with Gasteiger partial charge in [0.25, 0.3) is 0 Å². The van der Waals surface area contributed by atoms with Gasteiger partial charge < -0.3 is 0 Å². The normalized spacial score (nSPS) is 12.7. The number of nitrogens with zero attached hydrogens (tertiary/aromatic N) is 2. The largest absolute Gasteiger partial charge is 0.271 e. The van der Waals surface area contributed by atoms with E-state index in [9.17, 15) is 4.39 Å². The summed E-state index contributed by atoms with van der Waals surface area (Å²) in [5, 5.41) is 4.22. The zero-order valence-electron chi connectivity index (χ0n) is 10.5. The first-order chi connectivity index (χ1) is 8.67. The molecule has 0 fully saturated rings. The standard InChI is InChI=1S/C13H17FN4/c1-3-18-12(6-7-16-18)13(17-15)10-4-5-11(14)9(2)8-10/h4-8,13,17H,3,15H2,1-2H3. The Balaban J connectivity index is 2.42. The molecule has 1 aromatic heterocycles. The van der Waals surface area contributed by atoms with Gasteiger partial charge in [-0.3, -0.25) is 10.5 Å². The first-order valence-electron chi connectivity index (χ1n) is 5.91. The Bertz CT molecular complexity index is 536. The third-order valence-corrected chi connectivity index (χ3v) is 3.03. The van der Waals surface area contributed by atoms with Crippen LogP contribution in [0, 0.1) is 12.7 Å². The lowest BCUT2D eigenvalue weighted by atomic mass is 10.0. The van der Waals surface area contributed by atoms with Gasteiger partial charge in [0.1, 0.15) is 5.82 Å². The van der Waals surface area contributed by atoms with E-state index in [4.69, 9.17) is 5.84 Å². The van der Waals surface area contributed by atoms with Crippen LogP contribution in [0.3, 0.4) is 0 Å². The number of hydrazine groups is 1. The molecule has 2 rings (SSSR count). The number of rotatable bonds is 4. The summed E-state index contributed by atoms with van der Waals surface area (Å²) in [4.78, 5) is 0. The molecule has 5 heteroatoms. The number of nitrogens with two attached hydrogens (primary N) is 1. The summed E-state index contributed by atoms with van der Waals surface area (Å²) >= 11 is 0. The summed E-state index contributed by atoms with van der Waals surface area (Å²) in [7, 11) is 0. The van der Waals surface area contributed by atoms with E-state index >= 15 is 0 Å². The molecule has 1 aromatic carbocycles. The van der Waals surface area contributed by atoms with Crippen LogP contribution in [-0.2, 0) is 6.54 Å². The molecule has 1 unspecified atom stereocenters. The monoisotopic (exact) mass is 248 g/mol. The van der Waals surface area contributed by atoms with Crippen molar-refractivity contribution in [3.8, 4) is 0 Å². The average Bonchev–Trinajstić information content (AvgIpc) is 2.83. The minimum absolute atomic E-state index is 0.188. The van der Waals surface area contributed by atoms with Crippen molar-refractivity contribution >= 4 is 0 Å². The summed E-state index contributed by atoms with van der Waals surface area (Å²) in [5.74, 6) is 5.41. The first kappa shape index (κ1) is 12.7. The van der Waals surface area contributed by atoms with E-state index < -0.39 is 0 Å². The van der Waals surface area contributed by atoms with E-state index in [2.05, 4.69) is 10.5 Å². The van der Waals surface area contributed by atoms with Gasteiger partial charge in [-0.15, -0.1) is 0 Å². The molecule has 4 nitrogen and oxygen atoms in total. The SMILES string of the molecule is CCn1nccc1C(NN)c1ccc(F)c(C)c1. The molecule has 0 bridgehead atoms. The Morgan fingerprint density at radius 2 is 2.22 bits per heavy atom. The minimum Gasteiger partial charge on any atom is -0.271 e. The van der Waals surface area contributed by atoms with Crippen molar-refractivity contribution in [3.63, 3.8) is 0 Å². The Morgan fingerprint density at radius 1 is 1.44 bits per heavy atom. The lowest BCUT2D eigenvalue weighted by Crippen LogP contribution is -2.30. The molecule has 0 aliphatic rings. The number of benzene rings is 1. The zero-order valence-corrected chi connectivity index (χ0v) is 10.5. The summed E-state index contributed by atoms with van der Waals surface area (Å²) < 4.78 is 15.1. The molecule has 0 aliphatic heterocycles. The van der Waals surface area contributed by atoms with E-state index in [1.807, 2.05) is 17.7 Å². The maximum atomic E-state index is 13.3. The van der Waals surface area contributed by atoms with Crippen LogP contribution >= 0.6 is 0 Å². The maximum Gasteiger partial charge on any atom is 0.126 e.